The molecule has 0 unspecified atom stereocenters. The molecule has 0 bridgehead atoms. The predicted octanol–water partition coefficient (Wildman–Crippen LogP) is 2.34. The van der Waals surface area contributed by atoms with Crippen LogP contribution in [0.5, 0.6) is 5.75 Å². The van der Waals surface area contributed by atoms with Gasteiger partial charge in [0.1, 0.15) is 5.75 Å². The van der Waals surface area contributed by atoms with Crippen LogP contribution in [0.3, 0.4) is 0 Å². The van der Waals surface area contributed by atoms with Crippen LogP contribution in [0.25, 0.3) is 6.08 Å². The van der Waals surface area contributed by atoms with Crippen LogP contribution in [0.1, 0.15) is 34.9 Å². The van der Waals surface area contributed by atoms with Gasteiger partial charge in [0, 0.05) is 25.2 Å². The zero-order valence-corrected chi connectivity index (χ0v) is 14.2. The molecule has 1 aromatic heterocycles. The second-order valence-electron chi connectivity index (χ2n) is 6.07. The molecule has 2 aromatic rings. The fourth-order valence-corrected chi connectivity index (χ4v) is 3.05. The maximum Gasteiger partial charge on any atom is 0.358 e. The Balaban J connectivity index is 1.50. The normalized spacial score (nSPS) is 16.4. The second kappa shape index (κ2) is 7.94. The number of aromatic nitrogens is 3. The topological polar surface area (TPSA) is 80.5 Å². The van der Waals surface area contributed by atoms with E-state index >= 15 is 0 Å². The summed E-state index contributed by atoms with van der Waals surface area (Å²) in [6.45, 7) is 2.77. The highest BCUT2D eigenvalue weighted by atomic mass is 16.5. The van der Waals surface area contributed by atoms with E-state index in [2.05, 4.69) is 27.4 Å². The van der Waals surface area contributed by atoms with Crippen LogP contribution in [0.15, 0.2) is 36.5 Å². The lowest BCUT2D eigenvalue weighted by Crippen LogP contribution is -2.34. The zero-order valence-electron chi connectivity index (χ0n) is 14.2. The second-order valence-corrected chi connectivity index (χ2v) is 6.07. The molecule has 1 aromatic carbocycles. The number of aromatic carboxylic acids is 1. The lowest BCUT2D eigenvalue weighted by molar-refractivity contribution is 0.0690. The van der Waals surface area contributed by atoms with Crippen LogP contribution >= 0.6 is 0 Å². The third-order valence-electron chi connectivity index (χ3n) is 4.46. The van der Waals surface area contributed by atoms with Crippen LogP contribution in [0.4, 0.5) is 0 Å². The van der Waals surface area contributed by atoms with Crippen molar-refractivity contribution in [3.05, 3.63) is 47.8 Å². The van der Waals surface area contributed by atoms with E-state index in [-0.39, 0.29) is 11.7 Å². The highest BCUT2D eigenvalue weighted by molar-refractivity contribution is 5.84. The molecule has 1 aliphatic rings. The number of nitrogens with zero attached hydrogens (tertiary/aromatic N) is 4. The number of carboxylic acid groups (broad SMARTS) is 1. The molecule has 0 spiro atoms. The minimum Gasteiger partial charge on any atom is -0.496 e. The van der Waals surface area contributed by atoms with Gasteiger partial charge in [-0.15, -0.1) is 5.10 Å². The molecule has 0 amide bonds. The van der Waals surface area contributed by atoms with Gasteiger partial charge in [-0.05, 0) is 18.9 Å². The smallest absolute Gasteiger partial charge is 0.358 e. The molecule has 25 heavy (non-hydrogen) atoms. The number of carbonyl (C=O) groups is 1. The summed E-state index contributed by atoms with van der Waals surface area (Å²) in [6, 6.07) is 8.16. The molecule has 0 radical (unpaired) electrons. The largest absolute Gasteiger partial charge is 0.496 e. The summed E-state index contributed by atoms with van der Waals surface area (Å²) in [5, 5.41) is 16.6. The van der Waals surface area contributed by atoms with Crippen LogP contribution in [0.2, 0.25) is 0 Å². The average molecular weight is 342 g/mol. The molecular formula is C18H22N4O3. The number of rotatable bonds is 6. The third kappa shape index (κ3) is 4.24. The molecule has 7 nitrogen and oxygen atoms in total. The fraction of sp³-hybridized carbons (Fsp3) is 0.389. The fourth-order valence-electron chi connectivity index (χ4n) is 3.05. The maximum atomic E-state index is 10.9. The number of hydrogen-bond donors (Lipinski definition) is 1. The van der Waals surface area contributed by atoms with Crippen molar-refractivity contribution in [1.29, 1.82) is 0 Å². The number of piperidine rings is 1. The first-order valence-corrected chi connectivity index (χ1v) is 8.34. The van der Waals surface area contributed by atoms with E-state index < -0.39 is 5.97 Å². The van der Waals surface area contributed by atoms with Gasteiger partial charge < -0.3 is 9.84 Å². The Hall–Kier alpha value is -2.67. The van der Waals surface area contributed by atoms with E-state index in [4.69, 9.17) is 9.84 Å². The highest BCUT2D eigenvalue weighted by Crippen LogP contribution is 2.22. The highest BCUT2D eigenvalue weighted by Gasteiger charge is 2.21. The molecule has 1 N–H and O–H groups in total. The van der Waals surface area contributed by atoms with Crippen molar-refractivity contribution in [2.45, 2.75) is 18.9 Å². The molecule has 3 rings (SSSR count). The van der Waals surface area contributed by atoms with Crippen LogP contribution in [-0.4, -0.2) is 57.7 Å². The Bertz CT molecular complexity index is 748. The monoisotopic (exact) mass is 342 g/mol. The van der Waals surface area contributed by atoms with Crippen molar-refractivity contribution < 1.29 is 14.6 Å². The van der Waals surface area contributed by atoms with Crippen LogP contribution in [-0.2, 0) is 0 Å². The summed E-state index contributed by atoms with van der Waals surface area (Å²) in [5.74, 6) is -0.164. The van der Waals surface area contributed by atoms with Gasteiger partial charge in [0.2, 0.25) is 0 Å². The third-order valence-corrected chi connectivity index (χ3v) is 4.46. The number of hydrogen-bond acceptors (Lipinski definition) is 5. The first-order chi connectivity index (χ1) is 12.2. The average Bonchev–Trinajstić information content (AvgIpc) is 3.13. The molecule has 2 heterocycles. The summed E-state index contributed by atoms with van der Waals surface area (Å²) in [5.41, 5.74) is 1.07. The SMILES string of the molecule is COc1ccccc1/C=C/CN1CCC(n2cc(C(=O)O)nn2)CC1. The number of methoxy groups -OCH3 is 1. The minimum absolute atomic E-state index is 0.00201. The number of likely N-dealkylation sites (tertiary alicyclic amines) is 1. The predicted molar refractivity (Wildman–Crippen MR) is 93.7 cm³/mol. The van der Waals surface area contributed by atoms with Crippen molar-refractivity contribution in [3.8, 4) is 5.75 Å². The Morgan fingerprint density at radius 2 is 2.12 bits per heavy atom. The summed E-state index contributed by atoms with van der Waals surface area (Å²) in [6.07, 6.45) is 7.62. The van der Waals surface area contributed by atoms with Crippen molar-refractivity contribution >= 4 is 12.0 Å². The molecule has 0 atom stereocenters. The van der Waals surface area contributed by atoms with Crippen LogP contribution in [0, 0.1) is 0 Å². The molecule has 7 heteroatoms. The number of ether oxygens (including phenoxy) is 1. The summed E-state index contributed by atoms with van der Waals surface area (Å²) in [7, 11) is 1.68. The van der Waals surface area contributed by atoms with Gasteiger partial charge in [0.05, 0.1) is 19.3 Å². The van der Waals surface area contributed by atoms with Crippen molar-refractivity contribution in [1.82, 2.24) is 19.9 Å². The van der Waals surface area contributed by atoms with Gasteiger partial charge in [-0.2, -0.15) is 0 Å². The van der Waals surface area contributed by atoms with Gasteiger partial charge in [0.25, 0.3) is 0 Å². The molecular weight excluding hydrogens is 320 g/mol. The Morgan fingerprint density at radius 3 is 2.80 bits per heavy atom. The van der Waals surface area contributed by atoms with E-state index in [0.29, 0.717) is 0 Å². The quantitative estimate of drug-likeness (QED) is 0.868. The van der Waals surface area contributed by atoms with E-state index in [1.807, 2.05) is 24.3 Å². The molecule has 1 fully saturated rings. The van der Waals surface area contributed by atoms with Crippen molar-refractivity contribution in [2.75, 3.05) is 26.7 Å². The lowest BCUT2D eigenvalue weighted by atomic mass is 10.1. The molecule has 0 saturated carbocycles. The number of benzene rings is 1. The van der Waals surface area contributed by atoms with Crippen molar-refractivity contribution in [2.24, 2.45) is 0 Å². The van der Waals surface area contributed by atoms with E-state index in [1.165, 1.54) is 6.20 Å². The Kier molecular flexibility index (Phi) is 5.45. The lowest BCUT2D eigenvalue weighted by Gasteiger charge is -2.30. The number of carboxylic acids is 1. The van der Waals surface area contributed by atoms with E-state index in [1.54, 1.807) is 11.8 Å². The molecule has 132 valence electrons. The summed E-state index contributed by atoms with van der Waals surface area (Å²) < 4.78 is 7.03. The first-order valence-electron chi connectivity index (χ1n) is 8.34. The van der Waals surface area contributed by atoms with Gasteiger partial charge in [-0.1, -0.05) is 35.6 Å². The van der Waals surface area contributed by atoms with Crippen LogP contribution < -0.4 is 4.74 Å². The Labute approximate surface area is 146 Å². The van der Waals surface area contributed by atoms with Gasteiger partial charge >= 0.3 is 5.97 Å². The molecule has 0 aliphatic carbocycles. The van der Waals surface area contributed by atoms with Gasteiger partial charge in [0.15, 0.2) is 5.69 Å². The summed E-state index contributed by atoms with van der Waals surface area (Å²) >= 11 is 0. The van der Waals surface area contributed by atoms with E-state index in [9.17, 15) is 4.79 Å². The number of para-hydroxylation sites is 1. The van der Waals surface area contributed by atoms with Gasteiger partial charge in [-0.3, -0.25) is 4.90 Å². The standard InChI is InChI=1S/C18H22N4O3/c1-25-17-7-3-2-5-14(17)6-4-10-21-11-8-15(9-12-21)22-13-16(18(23)24)19-20-22/h2-7,13,15H,8-12H2,1H3,(H,23,24)/b6-4+. The maximum absolute atomic E-state index is 10.9. The van der Waals surface area contributed by atoms with E-state index in [0.717, 1.165) is 43.8 Å². The molecule has 1 saturated heterocycles. The Morgan fingerprint density at radius 1 is 1.36 bits per heavy atom. The zero-order chi connectivity index (χ0) is 17.6. The minimum atomic E-state index is -1.04. The molecule has 1 aliphatic heterocycles. The summed E-state index contributed by atoms with van der Waals surface area (Å²) in [4.78, 5) is 13.3. The first kappa shape index (κ1) is 17.2. The van der Waals surface area contributed by atoms with Gasteiger partial charge in [-0.25, -0.2) is 9.48 Å². The van der Waals surface area contributed by atoms with Crippen molar-refractivity contribution in [3.63, 3.8) is 0 Å².